The molecule has 2 atom stereocenters. The summed E-state index contributed by atoms with van der Waals surface area (Å²) in [5.41, 5.74) is 2.34. The second-order valence-electron chi connectivity index (χ2n) is 6.42. The molecular formula is C17H25N3O. The van der Waals surface area contributed by atoms with Crippen LogP contribution in [0.1, 0.15) is 25.3 Å². The van der Waals surface area contributed by atoms with Gasteiger partial charge >= 0.3 is 0 Å². The molecule has 1 fully saturated rings. The zero-order valence-electron chi connectivity index (χ0n) is 12.8. The van der Waals surface area contributed by atoms with E-state index < -0.39 is 0 Å². The molecule has 21 heavy (non-hydrogen) atoms. The lowest BCUT2D eigenvalue weighted by Gasteiger charge is -2.21. The number of nitrogens with one attached hydrogen (secondary N) is 2. The Balaban J connectivity index is 1.43. The number of benzene rings is 1. The minimum Gasteiger partial charge on any atom is -0.373 e. The van der Waals surface area contributed by atoms with E-state index in [4.69, 9.17) is 0 Å². The molecule has 0 bridgehead atoms. The maximum atomic E-state index is 12.3. The molecular weight excluding hydrogens is 262 g/mol. The Bertz CT molecular complexity index is 472. The summed E-state index contributed by atoms with van der Waals surface area (Å²) in [7, 11) is 0. The largest absolute Gasteiger partial charge is 0.373 e. The molecule has 1 unspecified atom stereocenters. The van der Waals surface area contributed by atoms with Crippen molar-refractivity contribution < 1.29 is 4.79 Å². The summed E-state index contributed by atoms with van der Waals surface area (Å²) in [6.07, 6.45) is 3.44. The molecule has 0 aromatic heterocycles. The maximum Gasteiger partial charge on any atom is 0.242 e. The van der Waals surface area contributed by atoms with Crippen molar-refractivity contribution in [1.82, 2.24) is 10.2 Å². The summed E-state index contributed by atoms with van der Waals surface area (Å²) in [5.74, 6) is 0.635. The lowest BCUT2D eigenvalue weighted by atomic mass is 10.1. The minimum absolute atomic E-state index is 0.110. The average Bonchev–Trinajstić information content (AvgIpc) is 3.13. The number of hydrogen-bond acceptors (Lipinski definition) is 3. The molecule has 2 aliphatic rings. The molecule has 1 amide bonds. The van der Waals surface area contributed by atoms with Gasteiger partial charge in [-0.25, -0.2) is 0 Å². The van der Waals surface area contributed by atoms with E-state index in [9.17, 15) is 4.79 Å². The van der Waals surface area contributed by atoms with E-state index in [-0.39, 0.29) is 11.9 Å². The smallest absolute Gasteiger partial charge is 0.242 e. The quantitative estimate of drug-likeness (QED) is 0.869. The molecule has 3 rings (SSSR count). The predicted molar refractivity (Wildman–Crippen MR) is 85.4 cm³/mol. The van der Waals surface area contributed by atoms with Gasteiger partial charge in [0.15, 0.2) is 0 Å². The van der Waals surface area contributed by atoms with Gasteiger partial charge in [0.25, 0.3) is 0 Å². The molecule has 0 spiro atoms. The fraction of sp³-hybridized carbons (Fsp3) is 0.588. The number of rotatable bonds is 5. The molecule has 0 radical (unpaired) electrons. The Morgan fingerprint density at radius 2 is 2.14 bits per heavy atom. The molecule has 0 saturated carbocycles. The molecule has 4 nitrogen and oxygen atoms in total. The zero-order chi connectivity index (χ0) is 14.7. The first kappa shape index (κ1) is 14.4. The fourth-order valence-corrected chi connectivity index (χ4v) is 3.32. The molecule has 0 aliphatic carbocycles. The maximum absolute atomic E-state index is 12.3. The Hall–Kier alpha value is -1.55. The summed E-state index contributed by atoms with van der Waals surface area (Å²) in [6.45, 7) is 6.52. The molecule has 114 valence electrons. The van der Waals surface area contributed by atoms with Crippen molar-refractivity contribution in [2.75, 3.05) is 31.5 Å². The molecule has 1 aromatic carbocycles. The first-order valence-corrected chi connectivity index (χ1v) is 8.07. The summed E-state index contributed by atoms with van der Waals surface area (Å²) in [4.78, 5) is 14.8. The van der Waals surface area contributed by atoms with Gasteiger partial charge in [-0.3, -0.25) is 4.79 Å². The van der Waals surface area contributed by atoms with Crippen molar-refractivity contribution in [3.8, 4) is 0 Å². The lowest BCUT2D eigenvalue weighted by molar-refractivity contribution is -0.121. The molecule has 2 aliphatic heterocycles. The highest BCUT2D eigenvalue weighted by molar-refractivity contribution is 5.87. The van der Waals surface area contributed by atoms with Crippen molar-refractivity contribution in [3.05, 3.63) is 29.8 Å². The Morgan fingerprint density at radius 1 is 1.38 bits per heavy atom. The van der Waals surface area contributed by atoms with Crippen molar-refractivity contribution in [2.24, 2.45) is 5.92 Å². The monoisotopic (exact) mass is 287 g/mol. The second-order valence-corrected chi connectivity index (χ2v) is 6.42. The van der Waals surface area contributed by atoms with Crippen molar-refractivity contribution in [1.29, 1.82) is 0 Å². The lowest BCUT2D eigenvalue weighted by Crippen LogP contribution is -2.41. The number of amides is 1. The van der Waals surface area contributed by atoms with Crippen LogP contribution in [0.25, 0.3) is 0 Å². The average molecular weight is 287 g/mol. The number of para-hydroxylation sites is 1. The summed E-state index contributed by atoms with van der Waals surface area (Å²) in [5, 5.41) is 6.41. The van der Waals surface area contributed by atoms with Crippen LogP contribution >= 0.6 is 0 Å². The van der Waals surface area contributed by atoms with E-state index in [0.717, 1.165) is 25.2 Å². The Morgan fingerprint density at radius 3 is 2.90 bits per heavy atom. The molecule has 2 heterocycles. The first-order chi connectivity index (χ1) is 10.2. The third kappa shape index (κ3) is 3.56. The van der Waals surface area contributed by atoms with Crippen LogP contribution in [0.3, 0.4) is 0 Å². The van der Waals surface area contributed by atoms with E-state index in [1.54, 1.807) is 0 Å². The van der Waals surface area contributed by atoms with E-state index in [0.29, 0.717) is 5.92 Å². The van der Waals surface area contributed by atoms with Crippen LogP contribution in [0.15, 0.2) is 24.3 Å². The first-order valence-electron chi connectivity index (χ1n) is 8.07. The van der Waals surface area contributed by atoms with Crippen LogP contribution in [0, 0.1) is 5.92 Å². The Kier molecular flexibility index (Phi) is 4.44. The van der Waals surface area contributed by atoms with E-state index >= 15 is 0 Å². The summed E-state index contributed by atoms with van der Waals surface area (Å²) < 4.78 is 0. The highest BCUT2D eigenvalue weighted by Crippen LogP contribution is 2.25. The van der Waals surface area contributed by atoms with E-state index in [2.05, 4.69) is 28.5 Å². The van der Waals surface area contributed by atoms with Crippen LogP contribution in [-0.4, -0.2) is 43.0 Å². The number of nitrogens with zero attached hydrogens (tertiary/aromatic N) is 1. The summed E-state index contributed by atoms with van der Waals surface area (Å²) >= 11 is 0. The van der Waals surface area contributed by atoms with Gasteiger partial charge in [0.1, 0.15) is 6.04 Å². The van der Waals surface area contributed by atoms with E-state index in [1.807, 2.05) is 18.2 Å². The van der Waals surface area contributed by atoms with E-state index in [1.165, 1.54) is 31.5 Å². The van der Waals surface area contributed by atoms with Gasteiger partial charge in [-0.2, -0.15) is 0 Å². The summed E-state index contributed by atoms with van der Waals surface area (Å²) in [6, 6.07) is 8.05. The van der Waals surface area contributed by atoms with Gasteiger partial charge in [0.05, 0.1) is 0 Å². The number of fused-ring (bicyclic) bond motifs is 1. The fourth-order valence-electron chi connectivity index (χ4n) is 3.32. The van der Waals surface area contributed by atoms with Crippen LogP contribution in [0.5, 0.6) is 0 Å². The number of carbonyl (C=O) groups excluding carboxylic acids is 1. The van der Waals surface area contributed by atoms with Gasteiger partial charge in [-0.1, -0.05) is 25.1 Å². The number of anilines is 1. The highest BCUT2D eigenvalue weighted by atomic mass is 16.2. The number of carbonyl (C=O) groups is 1. The second kappa shape index (κ2) is 6.48. The van der Waals surface area contributed by atoms with Crippen molar-refractivity contribution in [2.45, 2.75) is 32.2 Å². The third-order valence-electron chi connectivity index (χ3n) is 4.48. The zero-order valence-corrected chi connectivity index (χ0v) is 12.8. The van der Waals surface area contributed by atoms with Gasteiger partial charge in [-0.05, 0) is 43.5 Å². The Labute approximate surface area is 126 Å². The van der Waals surface area contributed by atoms with Gasteiger partial charge in [0.2, 0.25) is 5.91 Å². The van der Waals surface area contributed by atoms with Crippen LogP contribution in [0.2, 0.25) is 0 Å². The molecule has 1 aromatic rings. The third-order valence-corrected chi connectivity index (χ3v) is 4.48. The van der Waals surface area contributed by atoms with Crippen LogP contribution < -0.4 is 10.6 Å². The van der Waals surface area contributed by atoms with Gasteiger partial charge in [0, 0.05) is 25.2 Å². The standard InChI is InChI=1S/C17H25N3O/c1-13(12-20-8-4-5-9-20)11-18-17(21)16-10-14-6-2-3-7-15(14)19-16/h2-3,6-7,13,16,19H,4-5,8-12H2,1H3,(H,18,21)/t13?,16-/m0/s1. The predicted octanol–water partition coefficient (Wildman–Crippen LogP) is 1.87. The highest BCUT2D eigenvalue weighted by Gasteiger charge is 2.26. The van der Waals surface area contributed by atoms with Crippen molar-refractivity contribution >= 4 is 11.6 Å². The molecule has 4 heteroatoms. The number of hydrogen-bond donors (Lipinski definition) is 2. The number of likely N-dealkylation sites (tertiary alicyclic amines) is 1. The van der Waals surface area contributed by atoms with Gasteiger partial charge in [-0.15, -0.1) is 0 Å². The van der Waals surface area contributed by atoms with Gasteiger partial charge < -0.3 is 15.5 Å². The molecule has 2 N–H and O–H groups in total. The van der Waals surface area contributed by atoms with Crippen LogP contribution in [0.4, 0.5) is 5.69 Å². The molecule has 1 saturated heterocycles. The topological polar surface area (TPSA) is 44.4 Å². The minimum atomic E-state index is -0.110. The van der Waals surface area contributed by atoms with Crippen molar-refractivity contribution in [3.63, 3.8) is 0 Å². The van der Waals surface area contributed by atoms with Crippen LogP contribution in [-0.2, 0) is 11.2 Å². The SMILES string of the molecule is CC(CNC(=O)[C@@H]1Cc2ccccc2N1)CN1CCCC1. The normalized spacial score (nSPS) is 22.6.